The maximum absolute atomic E-state index is 12.4. The van der Waals surface area contributed by atoms with Crippen molar-refractivity contribution in [2.24, 2.45) is 7.05 Å². The van der Waals surface area contributed by atoms with Crippen LogP contribution in [0.25, 0.3) is 11.1 Å². The molecule has 3 heterocycles. The van der Waals surface area contributed by atoms with E-state index in [4.69, 9.17) is 4.42 Å². The molecule has 0 saturated carbocycles. The Kier molecular flexibility index (Phi) is 4.64. The predicted octanol–water partition coefficient (Wildman–Crippen LogP) is 1.18. The first kappa shape index (κ1) is 17.3. The highest BCUT2D eigenvalue weighted by Crippen LogP contribution is 2.16. The highest BCUT2D eigenvalue weighted by atomic mass is 16.4. The Hall–Kier alpha value is -3.13. The van der Waals surface area contributed by atoms with Gasteiger partial charge in [-0.25, -0.2) is 9.78 Å². The fourth-order valence-electron chi connectivity index (χ4n) is 3.16. The summed E-state index contributed by atoms with van der Waals surface area (Å²) >= 11 is 0. The molecule has 2 aromatic heterocycles. The Balaban J connectivity index is 1.41. The Morgan fingerprint density at radius 2 is 2.07 bits per heavy atom. The van der Waals surface area contributed by atoms with Crippen LogP contribution in [0.15, 0.2) is 45.7 Å². The number of amides is 1. The molecule has 0 aliphatic carbocycles. The van der Waals surface area contributed by atoms with Crippen molar-refractivity contribution in [2.75, 3.05) is 31.5 Å². The highest BCUT2D eigenvalue weighted by Gasteiger charge is 2.18. The monoisotopic (exact) mass is 367 g/mol. The number of benzene rings is 1. The van der Waals surface area contributed by atoms with Crippen LogP contribution in [0.4, 0.5) is 5.82 Å². The van der Waals surface area contributed by atoms with E-state index in [0.29, 0.717) is 23.5 Å². The van der Waals surface area contributed by atoms with Crippen LogP contribution in [0.2, 0.25) is 0 Å². The van der Waals surface area contributed by atoms with E-state index in [0.717, 1.165) is 37.3 Å². The molecule has 0 spiro atoms. The average molecular weight is 367 g/mol. The van der Waals surface area contributed by atoms with Crippen LogP contribution < -0.4 is 16.4 Å². The number of hydrogen-bond donors (Lipinski definition) is 2. The first-order chi connectivity index (χ1) is 13.1. The van der Waals surface area contributed by atoms with Gasteiger partial charge < -0.3 is 20.0 Å². The summed E-state index contributed by atoms with van der Waals surface area (Å²) in [6.45, 7) is 3.62. The van der Waals surface area contributed by atoms with E-state index in [1.807, 2.05) is 23.1 Å². The van der Waals surface area contributed by atoms with Crippen LogP contribution in [0.3, 0.4) is 0 Å². The summed E-state index contributed by atoms with van der Waals surface area (Å²) in [5, 5.41) is 6.45. The second kappa shape index (κ2) is 7.24. The molecule has 1 saturated heterocycles. The van der Waals surface area contributed by atoms with Gasteiger partial charge in [-0.1, -0.05) is 6.07 Å². The normalized spacial score (nSPS) is 14.5. The van der Waals surface area contributed by atoms with Crippen LogP contribution in [0, 0.1) is 0 Å². The minimum atomic E-state index is -0.374. The fourth-order valence-corrected chi connectivity index (χ4v) is 3.16. The van der Waals surface area contributed by atoms with Gasteiger partial charge in [0.05, 0.1) is 11.1 Å². The van der Waals surface area contributed by atoms with Crippen molar-refractivity contribution in [3.8, 4) is 0 Å². The van der Waals surface area contributed by atoms with E-state index in [1.165, 1.54) is 4.57 Å². The lowest BCUT2D eigenvalue weighted by molar-refractivity contribution is 0.0735. The predicted molar refractivity (Wildman–Crippen MR) is 102 cm³/mol. The molecular formula is C19H21N5O3. The summed E-state index contributed by atoms with van der Waals surface area (Å²) in [4.78, 5) is 30.2. The number of nitrogens with zero attached hydrogens (tertiary/aromatic N) is 3. The molecule has 8 nitrogen and oxygen atoms in total. The van der Waals surface area contributed by atoms with Gasteiger partial charge in [-0.05, 0) is 29.8 Å². The van der Waals surface area contributed by atoms with Crippen LogP contribution in [-0.4, -0.2) is 46.5 Å². The van der Waals surface area contributed by atoms with Crippen LogP contribution in [0.1, 0.15) is 15.9 Å². The quantitative estimate of drug-likeness (QED) is 0.720. The third kappa shape index (κ3) is 3.56. The SMILES string of the molecule is Cn1c(=O)oc2cc(CNc3ccc(C(=O)N4CCNCC4)cn3)ccc21. The zero-order chi connectivity index (χ0) is 18.8. The van der Waals surface area contributed by atoms with E-state index in [2.05, 4.69) is 15.6 Å². The number of anilines is 1. The topological polar surface area (TPSA) is 92.4 Å². The Bertz CT molecular complexity index is 1020. The van der Waals surface area contributed by atoms with E-state index >= 15 is 0 Å². The van der Waals surface area contributed by atoms with Crippen molar-refractivity contribution in [1.82, 2.24) is 19.8 Å². The number of carbonyl (C=O) groups excluding carboxylic acids is 1. The molecule has 27 heavy (non-hydrogen) atoms. The lowest BCUT2D eigenvalue weighted by Gasteiger charge is -2.27. The molecule has 2 N–H and O–H groups in total. The van der Waals surface area contributed by atoms with Crippen molar-refractivity contribution in [1.29, 1.82) is 0 Å². The minimum Gasteiger partial charge on any atom is -0.408 e. The molecular weight excluding hydrogens is 346 g/mol. The lowest BCUT2D eigenvalue weighted by atomic mass is 10.2. The summed E-state index contributed by atoms with van der Waals surface area (Å²) in [7, 11) is 1.68. The molecule has 4 rings (SSSR count). The number of aromatic nitrogens is 2. The van der Waals surface area contributed by atoms with Gasteiger partial charge in [0.2, 0.25) is 0 Å². The smallest absolute Gasteiger partial charge is 0.408 e. The third-order valence-electron chi connectivity index (χ3n) is 4.74. The largest absolute Gasteiger partial charge is 0.419 e. The van der Waals surface area contributed by atoms with Gasteiger partial charge in [-0.15, -0.1) is 0 Å². The average Bonchev–Trinajstić information content (AvgIpc) is 3.00. The molecule has 0 radical (unpaired) electrons. The van der Waals surface area contributed by atoms with Gasteiger partial charge in [-0.3, -0.25) is 9.36 Å². The fraction of sp³-hybridized carbons (Fsp3) is 0.316. The molecule has 0 bridgehead atoms. The third-order valence-corrected chi connectivity index (χ3v) is 4.74. The van der Waals surface area contributed by atoms with Crippen LogP contribution in [0.5, 0.6) is 0 Å². The molecule has 8 heteroatoms. The minimum absolute atomic E-state index is 0.0140. The summed E-state index contributed by atoms with van der Waals surface area (Å²) < 4.78 is 6.68. The van der Waals surface area contributed by atoms with E-state index in [9.17, 15) is 9.59 Å². The molecule has 1 aliphatic heterocycles. The van der Waals surface area contributed by atoms with Gasteiger partial charge in [0, 0.05) is 46.0 Å². The maximum atomic E-state index is 12.4. The number of piperazine rings is 1. The van der Waals surface area contributed by atoms with Crippen molar-refractivity contribution in [3.05, 3.63) is 58.2 Å². The van der Waals surface area contributed by atoms with Gasteiger partial charge >= 0.3 is 5.76 Å². The number of nitrogens with one attached hydrogen (secondary N) is 2. The van der Waals surface area contributed by atoms with Crippen molar-refractivity contribution in [2.45, 2.75) is 6.54 Å². The molecule has 1 amide bonds. The zero-order valence-corrected chi connectivity index (χ0v) is 15.1. The number of oxazole rings is 1. The van der Waals surface area contributed by atoms with Crippen LogP contribution >= 0.6 is 0 Å². The second-order valence-electron chi connectivity index (χ2n) is 6.56. The molecule has 3 aromatic rings. The molecule has 1 fully saturated rings. The van der Waals surface area contributed by atoms with Gasteiger partial charge in [0.15, 0.2) is 5.58 Å². The van der Waals surface area contributed by atoms with Crippen molar-refractivity contribution < 1.29 is 9.21 Å². The first-order valence-corrected chi connectivity index (χ1v) is 8.90. The Labute approximate surface area is 155 Å². The Morgan fingerprint density at radius 1 is 1.26 bits per heavy atom. The number of fused-ring (bicyclic) bond motifs is 1. The number of hydrogen-bond acceptors (Lipinski definition) is 6. The standard InChI is InChI=1S/C19H21N5O3/c1-23-15-4-2-13(10-16(15)27-19(23)26)11-21-17-5-3-14(12-22-17)18(25)24-8-6-20-7-9-24/h2-5,10,12,20H,6-9,11H2,1H3,(H,21,22). The van der Waals surface area contributed by atoms with E-state index < -0.39 is 0 Å². The first-order valence-electron chi connectivity index (χ1n) is 8.90. The number of carbonyl (C=O) groups is 1. The second-order valence-corrected chi connectivity index (χ2v) is 6.56. The summed E-state index contributed by atoms with van der Waals surface area (Å²) in [5.41, 5.74) is 2.89. The maximum Gasteiger partial charge on any atom is 0.419 e. The number of pyridine rings is 1. The van der Waals surface area contributed by atoms with Gasteiger partial charge in [0.25, 0.3) is 5.91 Å². The van der Waals surface area contributed by atoms with Crippen molar-refractivity contribution >= 4 is 22.8 Å². The summed E-state index contributed by atoms with van der Waals surface area (Å²) in [6, 6.07) is 9.23. The lowest BCUT2D eigenvalue weighted by Crippen LogP contribution is -2.46. The van der Waals surface area contributed by atoms with Gasteiger partial charge in [-0.2, -0.15) is 0 Å². The number of aryl methyl sites for hydroxylation is 1. The van der Waals surface area contributed by atoms with E-state index in [-0.39, 0.29) is 11.7 Å². The molecule has 0 atom stereocenters. The Morgan fingerprint density at radius 3 is 2.81 bits per heavy atom. The summed E-state index contributed by atoms with van der Waals surface area (Å²) in [5.74, 6) is 0.322. The number of rotatable bonds is 4. The molecule has 1 aliphatic rings. The molecule has 140 valence electrons. The summed E-state index contributed by atoms with van der Waals surface area (Å²) in [6.07, 6.45) is 1.60. The van der Waals surface area contributed by atoms with Gasteiger partial charge in [0.1, 0.15) is 5.82 Å². The molecule has 0 unspecified atom stereocenters. The van der Waals surface area contributed by atoms with Crippen molar-refractivity contribution in [3.63, 3.8) is 0 Å². The molecule has 1 aromatic carbocycles. The zero-order valence-electron chi connectivity index (χ0n) is 15.1. The van der Waals surface area contributed by atoms with E-state index in [1.54, 1.807) is 25.4 Å². The highest BCUT2D eigenvalue weighted by molar-refractivity contribution is 5.94. The van der Waals surface area contributed by atoms with Crippen LogP contribution in [-0.2, 0) is 13.6 Å².